The van der Waals surface area contributed by atoms with E-state index in [1.807, 2.05) is 6.92 Å². The second-order valence-electron chi connectivity index (χ2n) is 3.17. The van der Waals surface area contributed by atoms with E-state index in [0.29, 0.717) is 6.98 Å². The fraction of sp³-hybridized carbons (Fsp3) is 0.500. The molecule has 1 aliphatic heterocycles. The summed E-state index contributed by atoms with van der Waals surface area (Å²) in [5, 5.41) is 3.36. The lowest BCUT2D eigenvalue weighted by atomic mass is 9.80. The van der Waals surface area contributed by atoms with Gasteiger partial charge in [0.05, 0.1) is 0 Å². The van der Waals surface area contributed by atoms with Gasteiger partial charge in [-0.2, -0.15) is 0 Å². The maximum absolute atomic E-state index is 3.91. The van der Waals surface area contributed by atoms with Crippen LogP contribution in [0, 0.1) is 0 Å². The summed E-state index contributed by atoms with van der Waals surface area (Å²) in [6.45, 7) is 10.6. The van der Waals surface area contributed by atoms with E-state index in [9.17, 15) is 0 Å². The van der Waals surface area contributed by atoms with Crippen molar-refractivity contribution in [1.29, 1.82) is 0 Å². The van der Waals surface area contributed by atoms with Crippen molar-refractivity contribution in [2.75, 3.05) is 7.05 Å². The van der Waals surface area contributed by atoms with E-state index in [1.54, 1.807) is 0 Å². The third-order valence-electron chi connectivity index (χ3n) is 2.25. The Hall–Kier alpha value is -0.855. The van der Waals surface area contributed by atoms with Crippen molar-refractivity contribution < 1.29 is 0 Å². The summed E-state index contributed by atoms with van der Waals surface area (Å²) in [7, 11) is 2.09. The summed E-state index contributed by atoms with van der Waals surface area (Å²) in [6, 6.07) is 0. The first-order valence-corrected chi connectivity index (χ1v) is 3.90. The maximum atomic E-state index is 3.91. The molecule has 0 aromatic rings. The lowest BCUT2D eigenvalue weighted by Gasteiger charge is -2.14. The van der Waals surface area contributed by atoms with Crippen LogP contribution in [0.5, 0.6) is 0 Å². The Labute approximate surface area is 69.1 Å². The molecule has 1 N–H and O–H groups in total. The minimum atomic E-state index is 0.404. The third-order valence-corrected chi connectivity index (χ3v) is 2.25. The average Bonchev–Trinajstić information content (AvgIpc) is 2.17. The molecule has 0 saturated heterocycles. The van der Waals surface area contributed by atoms with Crippen LogP contribution in [0.1, 0.15) is 13.8 Å². The van der Waals surface area contributed by atoms with Gasteiger partial charge in [0, 0.05) is 11.4 Å². The van der Waals surface area contributed by atoms with Crippen molar-refractivity contribution >= 4 is 6.98 Å². The first-order chi connectivity index (χ1) is 5.04. The molecule has 1 heterocycles. The van der Waals surface area contributed by atoms with Crippen LogP contribution in [0.2, 0.25) is 6.82 Å². The van der Waals surface area contributed by atoms with E-state index >= 15 is 0 Å². The summed E-state index contributed by atoms with van der Waals surface area (Å²) in [4.78, 5) is 2.21. The van der Waals surface area contributed by atoms with E-state index < -0.39 is 0 Å². The van der Waals surface area contributed by atoms with E-state index in [0.717, 1.165) is 5.57 Å². The molecule has 0 bridgehead atoms. The molecule has 0 amide bonds. The highest BCUT2D eigenvalue weighted by Gasteiger charge is 2.25. The van der Waals surface area contributed by atoms with Gasteiger partial charge in [-0.05, 0) is 33.3 Å². The van der Waals surface area contributed by atoms with Crippen LogP contribution in [0.15, 0.2) is 23.5 Å². The van der Waals surface area contributed by atoms with Crippen molar-refractivity contribution in [2.24, 2.45) is 0 Å². The molecule has 1 rings (SSSR count). The zero-order chi connectivity index (χ0) is 8.59. The molecule has 2 nitrogen and oxygen atoms in total. The van der Waals surface area contributed by atoms with Crippen LogP contribution >= 0.6 is 0 Å². The fourth-order valence-electron chi connectivity index (χ4n) is 1.31. The van der Waals surface area contributed by atoms with Crippen molar-refractivity contribution in [1.82, 2.24) is 10.0 Å². The molecule has 0 atom stereocenters. The number of hydrogen-bond acceptors (Lipinski definition) is 2. The molecule has 0 saturated carbocycles. The topological polar surface area (TPSA) is 15.3 Å². The largest absolute Gasteiger partial charge is 0.408 e. The minimum absolute atomic E-state index is 0.404. The second-order valence-corrected chi connectivity index (χ2v) is 3.17. The van der Waals surface area contributed by atoms with Gasteiger partial charge in [0.2, 0.25) is 0 Å². The van der Waals surface area contributed by atoms with Gasteiger partial charge in [-0.1, -0.05) is 6.58 Å². The van der Waals surface area contributed by atoms with Crippen LogP contribution in [0.4, 0.5) is 0 Å². The van der Waals surface area contributed by atoms with Crippen molar-refractivity contribution in [2.45, 2.75) is 20.7 Å². The van der Waals surface area contributed by atoms with E-state index in [4.69, 9.17) is 0 Å². The van der Waals surface area contributed by atoms with E-state index in [-0.39, 0.29) is 0 Å². The number of allylic oxidation sites excluding steroid dienone is 2. The van der Waals surface area contributed by atoms with Gasteiger partial charge in [0.15, 0.2) is 0 Å². The number of rotatable bonds is 1. The Morgan fingerprint density at radius 1 is 1.64 bits per heavy atom. The maximum Gasteiger partial charge on any atom is 0.369 e. The van der Waals surface area contributed by atoms with Gasteiger partial charge < -0.3 is 10.0 Å². The van der Waals surface area contributed by atoms with Gasteiger partial charge in [0.1, 0.15) is 0 Å². The van der Waals surface area contributed by atoms with Gasteiger partial charge >= 0.3 is 6.98 Å². The van der Waals surface area contributed by atoms with Crippen LogP contribution in [-0.4, -0.2) is 18.8 Å². The SMILES string of the molecule is C=C(C)C1=C(C)N(C)B(C)N1. The van der Waals surface area contributed by atoms with Gasteiger partial charge in [-0.25, -0.2) is 0 Å². The molecule has 0 aromatic carbocycles. The summed E-state index contributed by atoms with van der Waals surface area (Å²) < 4.78 is 0. The Kier molecular flexibility index (Phi) is 1.98. The fourth-order valence-corrected chi connectivity index (χ4v) is 1.31. The second kappa shape index (κ2) is 2.64. The molecule has 1 aliphatic rings. The number of nitrogens with zero attached hydrogens (tertiary/aromatic N) is 1. The lowest BCUT2D eigenvalue weighted by Crippen LogP contribution is -2.36. The summed E-state index contributed by atoms with van der Waals surface area (Å²) >= 11 is 0. The molecule has 11 heavy (non-hydrogen) atoms. The molecule has 60 valence electrons. The summed E-state index contributed by atoms with van der Waals surface area (Å²) in [6.07, 6.45) is 0. The smallest absolute Gasteiger partial charge is 0.369 e. The van der Waals surface area contributed by atoms with Gasteiger partial charge in [0.25, 0.3) is 0 Å². The highest BCUT2D eigenvalue weighted by Crippen LogP contribution is 2.19. The van der Waals surface area contributed by atoms with Crippen molar-refractivity contribution in [3.63, 3.8) is 0 Å². The molecule has 0 spiro atoms. The van der Waals surface area contributed by atoms with Crippen LogP contribution in [-0.2, 0) is 0 Å². The molecule has 0 fully saturated rings. The predicted octanol–water partition coefficient (Wildman–Crippen LogP) is 1.45. The van der Waals surface area contributed by atoms with Crippen molar-refractivity contribution in [3.05, 3.63) is 23.5 Å². The number of nitrogens with one attached hydrogen (secondary N) is 1. The first kappa shape index (κ1) is 8.24. The zero-order valence-electron chi connectivity index (χ0n) is 7.73. The number of hydrogen-bond donors (Lipinski definition) is 1. The monoisotopic (exact) mass is 150 g/mol. The van der Waals surface area contributed by atoms with Crippen LogP contribution in [0.3, 0.4) is 0 Å². The molecule has 0 radical (unpaired) electrons. The van der Waals surface area contributed by atoms with Crippen molar-refractivity contribution in [3.8, 4) is 0 Å². The third kappa shape index (κ3) is 1.27. The standard InChI is InChI=1S/C8H15BN2/c1-6(2)8-7(3)11(5)9(4)10-8/h10H,1H2,2-5H3. The van der Waals surface area contributed by atoms with Crippen LogP contribution < -0.4 is 5.23 Å². The lowest BCUT2D eigenvalue weighted by molar-refractivity contribution is 0.661. The normalized spacial score (nSPS) is 17.5. The highest BCUT2D eigenvalue weighted by atomic mass is 15.2. The molecular weight excluding hydrogens is 135 g/mol. The predicted molar refractivity (Wildman–Crippen MR) is 50.0 cm³/mol. The van der Waals surface area contributed by atoms with Gasteiger partial charge in [-0.15, -0.1) is 0 Å². The quantitative estimate of drug-likeness (QED) is 0.569. The Bertz CT molecular complexity index is 220. The summed E-state index contributed by atoms with van der Waals surface area (Å²) in [5.74, 6) is 0. The Morgan fingerprint density at radius 3 is 2.36 bits per heavy atom. The van der Waals surface area contributed by atoms with Gasteiger partial charge in [-0.3, -0.25) is 0 Å². The van der Waals surface area contributed by atoms with Crippen LogP contribution in [0.25, 0.3) is 0 Å². The average molecular weight is 150 g/mol. The Balaban J connectivity index is 2.89. The molecule has 3 heteroatoms. The molecule has 0 aliphatic carbocycles. The molecular formula is C8H15BN2. The Morgan fingerprint density at radius 2 is 2.18 bits per heavy atom. The van der Waals surface area contributed by atoms with E-state index in [2.05, 4.69) is 37.4 Å². The molecule has 0 aromatic heterocycles. The minimum Gasteiger partial charge on any atom is -0.408 e. The summed E-state index contributed by atoms with van der Waals surface area (Å²) in [5.41, 5.74) is 3.59. The molecule has 0 unspecified atom stereocenters. The highest BCUT2D eigenvalue weighted by molar-refractivity contribution is 6.53. The van der Waals surface area contributed by atoms with E-state index in [1.165, 1.54) is 11.4 Å². The first-order valence-electron chi connectivity index (χ1n) is 3.90. The zero-order valence-corrected chi connectivity index (χ0v) is 7.73.